The zero-order valence-corrected chi connectivity index (χ0v) is 13.2. The van der Waals surface area contributed by atoms with Crippen molar-refractivity contribution in [3.05, 3.63) is 42.2 Å². The van der Waals surface area contributed by atoms with E-state index in [1.165, 1.54) is 0 Å². The number of rotatable bonds is 6. The summed E-state index contributed by atoms with van der Waals surface area (Å²) in [6.45, 7) is 4.45. The second-order valence-corrected chi connectivity index (χ2v) is 5.11. The highest BCUT2D eigenvalue weighted by atomic mass is 16.5. The molecule has 0 bridgehead atoms. The first kappa shape index (κ1) is 16.0. The lowest BCUT2D eigenvalue weighted by Crippen LogP contribution is -2.40. The molecular formula is C16H22N4O2. The van der Waals surface area contributed by atoms with Crippen molar-refractivity contribution < 1.29 is 9.53 Å². The molecule has 0 spiro atoms. The highest BCUT2D eigenvalue weighted by Crippen LogP contribution is 2.13. The van der Waals surface area contributed by atoms with E-state index >= 15 is 0 Å². The van der Waals surface area contributed by atoms with E-state index in [9.17, 15) is 4.79 Å². The van der Waals surface area contributed by atoms with Gasteiger partial charge in [0.25, 0.3) is 0 Å². The molecule has 6 nitrogen and oxygen atoms in total. The van der Waals surface area contributed by atoms with Crippen LogP contribution in [0.15, 0.2) is 36.5 Å². The number of carbonyl (C=O) groups is 1. The van der Waals surface area contributed by atoms with E-state index in [1.807, 2.05) is 50.4 Å². The van der Waals surface area contributed by atoms with Crippen LogP contribution in [-0.4, -0.2) is 35.6 Å². The van der Waals surface area contributed by atoms with Gasteiger partial charge in [0.1, 0.15) is 0 Å². The van der Waals surface area contributed by atoms with Crippen LogP contribution in [0.5, 0.6) is 0 Å². The van der Waals surface area contributed by atoms with Crippen LogP contribution in [0.2, 0.25) is 0 Å². The molecule has 1 unspecified atom stereocenters. The Morgan fingerprint density at radius 1 is 1.32 bits per heavy atom. The second kappa shape index (κ2) is 7.61. The maximum absolute atomic E-state index is 11.9. The molecule has 2 amide bonds. The van der Waals surface area contributed by atoms with Crippen molar-refractivity contribution in [1.29, 1.82) is 0 Å². The van der Waals surface area contributed by atoms with Crippen LogP contribution >= 0.6 is 0 Å². The van der Waals surface area contributed by atoms with Gasteiger partial charge in [-0.25, -0.2) is 9.48 Å². The van der Waals surface area contributed by atoms with E-state index in [4.69, 9.17) is 4.74 Å². The number of carbonyl (C=O) groups excluding carboxylic acids is 1. The van der Waals surface area contributed by atoms with E-state index in [0.717, 1.165) is 23.5 Å². The maximum atomic E-state index is 11.9. The van der Waals surface area contributed by atoms with Gasteiger partial charge in [-0.15, -0.1) is 0 Å². The van der Waals surface area contributed by atoms with Gasteiger partial charge >= 0.3 is 6.03 Å². The summed E-state index contributed by atoms with van der Waals surface area (Å²) in [5.41, 5.74) is 2.65. The highest BCUT2D eigenvalue weighted by Gasteiger charge is 2.10. The molecule has 2 rings (SSSR count). The molecule has 1 atom stereocenters. The Morgan fingerprint density at radius 3 is 2.59 bits per heavy atom. The Kier molecular flexibility index (Phi) is 5.55. The minimum atomic E-state index is -0.230. The van der Waals surface area contributed by atoms with Crippen LogP contribution < -0.4 is 10.6 Å². The Balaban J connectivity index is 1.94. The zero-order valence-electron chi connectivity index (χ0n) is 13.2. The molecule has 0 aliphatic heterocycles. The fourth-order valence-electron chi connectivity index (χ4n) is 2.07. The average molecular weight is 302 g/mol. The van der Waals surface area contributed by atoms with Gasteiger partial charge in [0, 0.05) is 19.0 Å². The molecule has 0 aliphatic rings. The third-order valence-electron chi connectivity index (χ3n) is 3.31. The lowest BCUT2D eigenvalue weighted by molar-refractivity contribution is 0.165. The topological polar surface area (TPSA) is 68.2 Å². The standard InChI is InChI=1S/C16H22N4O2/c1-4-13(11-22-3)17-16(21)18-14-5-7-15(8-6-14)20-10-9-12(2)19-20/h5-10,13H,4,11H2,1-3H3,(H2,17,18,21). The minimum Gasteiger partial charge on any atom is -0.383 e. The molecule has 0 saturated heterocycles. The number of hydrogen-bond donors (Lipinski definition) is 2. The van der Waals surface area contributed by atoms with Gasteiger partial charge in [0.05, 0.1) is 24.0 Å². The fraction of sp³-hybridized carbons (Fsp3) is 0.375. The number of aryl methyl sites for hydroxylation is 1. The van der Waals surface area contributed by atoms with Crippen molar-refractivity contribution in [2.75, 3.05) is 19.0 Å². The van der Waals surface area contributed by atoms with Gasteiger partial charge in [-0.05, 0) is 43.7 Å². The SMILES string of the molecule is CCC(COC)NC(=O)Nc1ccc(-n2ccc(C)n2)cc1. The van der Waals surface area contributed by atoms with Crippen molar-refractivity contribution in [2.24, 2.45) is 0 Å². The van der Waals surface area contributed by atoms with Crippen LogP contribution in [-0.2, 0) is 4.74 Å². The summed E-state index contributed by atoms with van der Waals surface area (Å²) in [6.07, 6.45) is 2.72. The first-order valence-electron chi connectivity index (χ1n) is 7.31. The summed E-state index contributed by atoms with van der Waals surface area (Å²) in [5, 5.41) is 10.0. The first-order chi connectivity index (χ1) is 10.6. The predicted molar refractivity (Wildman–Crippen MR) is 86.4 cm³/mol. The van der Waals surface area contributed by atoms with Gasteiger partial charge in [0.15, 0.2) is 0 Å². The van der Waals surface area contributed by atoms with Crippen LogP contribution in [0.3, 0.4) is 0 Å². The molecule has 1 heterocycles. The number of nitrogens with zero attached hydrogens (tertiary/aromatic N) is 2. The van der Waals surface area contributed by atoms with Crippen LogP contribution in [0, 0.1) is 6.92 Å². The third kappa shape index (κ3) is 4.33. The van der Waals surface area contributed by atoms with E-state index in [2.05, 4.69) is 15.7 Å². The normalized spacial score (nSPS) is 12.0. The molecular weight excluding hydrogens is 280 g/mol. The lowest BCUT2D eigenvalue weighted by atomic mass is 10.2. The van der Waals surface area contributed by atoms with E-state index in [-0.39, 0.29) is 12.1 Å². The fourth-order valence-corrected chi connectivity index (χ4v) is 2.07. The van der Waals surface area contributed by atoms with Crippen LogP contribution in [0.25, 0.3) is 5.69 Å². The molecule has 2 aromatic rings. The molecule has 1 aromatic carbocycles. The number of amides is 2. The Hall–Kier alpha value is -2.34. The van der Waals surface area contributed by atoms with Crippen molar-refractivity contribution in [3.63, 3.8) is 0 Å². The highest BCUT2D eigenvalue weighted by molar-refractivity contribution is 5.89. The van der Waals surface area contributed by atoms with Crippen molar-refractivity contribution in [2.45, 2.75) is 26.3 Å². The molecule has 0 fully saturated rings. The number of anilines is 1. The number of urea groups is 1. The van der Waals surface area contributed by atoms with Gasteiger partial charge in [-0.3, -0.25) is 0 Å². The molecule has 0 aliphatic carbocycles. The minimum absolute atomic E-state index is 0.0105. The van der Waals surface area contributed by atoms with Gasteiger partial charge in [-0.2, -0.15) is 5.10 Å². The van der Waals surface area contributed by atoms with E-state index in [1.54, 1.807) is 11.8 Å². The molecule has 22 heavy (non-hydrogen) atoms. The summed E-state index contributed by atoms with van der Waals surface area (Å²) >= 11 is 0. The summed E-state index contributed by atoms with van der Waals surface area (Å²) in [6, 6.07) is 9.25. The molecule has 0 saturated carbocycles. The van der Waals surface area contributed by atoms with Crippen molar-refractivity contribution in [3.8, 4) is 5.69 Å². The summed E-state index contributed by atoms with van der Waals surface area (Å²) in [4.78, 5) is 11.9. The van der Waals surface area contributed by atoms with Gasteiger partial charge < -0.3 is 15.4 Å². The third-order valence-corrected chi connectivity index (χ3v) is 3.31. The first-order valence-corrected chi connectivity index (χ1v) is 7.31. The molecule has 118 valence electrons. The average Bonchev–Trinajstić information content (AvgIpc) is 2.94. The summed E-state index contributed by atoms with van der Waals surface area (Å²) in [7, 11) is 1.62. The van der Waals surface area contributed by atoms with Crippen LogP contribution in [0.4, 0.5) is 10.5 Å². The number of aromatic nitrogens is 2. The lowest BCUT2D eigenvalue weighted by Gasteiger charge is -2.16. The Morgan fingerprint density at radius 2 is 2.05 bits per heavy atom. The molecule has 6 heteroatoms. The molecule has 0 radical (unpaired) electrons. The maximum Gasteiger partial charge on any atom is 0.319 e. The number of ether oxygens (including phenoxy) is 1. The van der Waals surface area contributed by atoms with E-state index in [0.29, 0.717) is 6.61 Å². The zero-order chi connectivity index (χ0) is 15.9. The largest absolute Gasteiger partial charge is 0.383 e. The number of nitrogens with one attached hydrogen (secondary N) is 2. The molecule has 1 aromatic heterocycles. The number of benzene rings is 1. The smallest absolute Gasteiger partial charge is 0.319 e. The second-order valence-electron chi connectivity index (χ2n) is 5.11. The predicted octanol–water partition coefficient (Wildman–Crippen LogP) is 2.73. The molecule has 2 N–H and O–H groups in total. The monoisotopic (exact) mass is 302 g/mol. The van der Waals surface area contributed by atoms with Crippen molar-refractivity contribution in [1.82, 2.24) is 15.1 Å². The summed E-state index contributed by atoms with van der Waals surface area (Å²) < 4.78 is 6.86. The van der Waals surface area contributed by atoms with Gasteiger partial charge in [0.2, 0.25) is 0 Å². The van der Waals surface area contributed by atoms with Crippen molar-refractivity contribution >= 4 is 11.7 Å². The Labute approximate surface area is 130 Å². The summed E-state index contributed by atoms with van der Waals surface area (Å²) in [5.74, 6) is 0. The van der Waals surface area contributed by atoms with Crippen LogP contribution in [0.1, 0.15) is 19.0 Å². The van der Waals surface area contributed by atoms with Gasteiger partial charge in [-0.1, -0.05) is 6.92 Å². The Bertz CT molecular complexity index is 607. The van der Waals surface area contributed by atoms with E-state index < -0.39 is 0 Å². The number of methoxy groups -OCH3 is 1. The quantitative estimate of drug-likeness (QED) is 0.862. The number of hydrogen-bond acceptors (Lipinski definition) is 3.